The van der Waals surface area contributed by atoms with E-state index in [1.807, 2.05) is 28.3 Å². The van der Waals surface area contributed by atoms with Crippen molar-refractivity contribution in [2.75, 3.05) is 57.4 Å². The minimum Gasteiger partial charge on any atom is -0.378 e. The van der Waals surface area contributed by atoms with Crippen molar-refractivity contribution in [2.24, 2.45) is 0 Å². The van der Waals surface area contributed by atoms with Gasteiger partial charge in [0.15, 0.2) is 5.82 Å². The van der Waals surface area contributed by atoms with E-state index in [1.54, 1.807) is 0 Å². The Morgan fingerprint density at radius 1 is 1.03 bits per heavy atom. The third-order valence-electron chi connectivity index (χ3n) is 8.29. The minimum atomic E-state index is 0.630. The number of anilines is 1. The maximum Gasteiger partial charge on any atom is 0.253 e. The third kappa shape index (κ3) is 4.51. The summed E-state index contributed by atoms with van der Waals surface area (Å²) in [6.45, 7) is 13.3. The zero-order chi connectivity index (χ0) is 25.6. The van der Waals surface area contributed by atoms with Gasteiger partial charge in [-0.25, -0.2) is 9.67 Å². The van der Waals surface area contributed by atoms with Gasteiger partial charge in [-0.15, -0.1) is 11.3 Å². The molecule has 4 aromatic rings. The van der Waals surface area contributed by atoms with E-state index in [4.69, 9.17) is 19.8 Å². The van der Waals surface area contributed by atoms with E-state index >= 15 is 0 Å². The van der Waals surface area contributed by atoms with Crippen LogP contribution in [0.4, 0.5) is 5.82 Å². The molecule has 3 aromatic heterocycles. The molecule has 8 nitrogen and oxygen atoms in total. The number of rotatable bonds is 5. The van der Waals surface area contributed by atoms with Gasteiger partial charge in [-0.05, 0) is 50.9 Å². The van der Waals surface area contributed by atoms with Crippen LogP contribution in [0.5, 0.6) is 0 Å². The van der Waals surface area contributed by atoms with Crippen molar-refractivity contribution in [1.29, 1.82) is 0 Å². The van der Waals surface area contributed by atoms with Gasteiger partial charge in [-0.1, -0.05) is 23.8 Å². The lowest BCUT2D eigenvalue weighted by atomic mass is 10.1. The molecule has 1 atom stereocenters. The summed E-state index contributed by atoms with van der Waals surface area (Å²) in [4.78, 5) is 19.3. The predicted molar refractivity (Wildman–Crippen MR) is 152 cm³/mol. The number of aromatic nitrogens is 4. The van der Waals surface area contributed by atoms with E-state index in [-0.39, 0.29) is 0 Å². The summed E-state index contributed by atoms with van der Waals surface area (Å²) < 4.78 is 8.68. The van der Waals surface area contributed by atoms with E-state index in [2.05, 4.69) is 52.8 Å². The van der Waals surface area contributed by atoms with Crippen LogP contribution in [0, 0.1) is 13.8 Å². The topological polar surface area (TPSA) is 62.6 Å². The Kier molecular flexibility index (Phi) is 6.39. The second-order valence-corrected chi connectivity index (χ2v) is 12.0. The summed E-state index contributed by atoms with van der Waals surface area (Å²) in [7, 11) is 0. The molecule has 7 rings (SSSR count). The molecule has 3 aliphatic rings. The highest BCUT2D eigenvalue weighted by molar-refractivity contribution is 7.19. The number of hydrogen-bond acceptors (Lipinski definition) is 8. The number of morpholine rings is 1. The molecule has 3 fully saturated rings. The van der Waals surface area contributed by atoms with Crippen LogP contribution in [0.2, 0.25) is 0 Å². The van der Waals surface area contributed by atoms with E-state index in [9.17, 15) is 0 Å². The molecule has 198 valence electrons. The summed E-state index contributed by atoms with van der Waals surface area (Å²) in [6.07, 6.45) is 4.67. The van der Waals surface area contributed by atoms with Crippen LogP contribution in [0.25, 0.3) is 27.4 Å². The van der Waals surface area contributed by atoms with Gasteiger partial charge in [-0.3, -0.25) is 9.80 Å². The van der Waals surface area contributed by atoms with Crippen molar-refractivity contribution in [3.63, 3.8) is 0 Å². The molecular weight excluding hydrogens is 494 g/mol. The number of ether oxygens (including phenoxy) is 1. The molecule has 0 N–H and O–H groups in total. The number of piperazine rings is 1. The van der Waals surface area contributed by atoms with Gasteiger partial charge in [0, 0.05) is 61.9 Å². The molecule has 0 bridgehead atoms. The predicted octanol–water partition coefficient (Wildman–Crippen LogP) is 4.28. The molecule has 9 heteroatoms. The number of thiophene rings is 1. The zero-order valence-electron chi connectivity index (χ0n) is 22.3. The van der Waals surface area contributed by atoms with Gasteiger partial charge in [0.05, 0.1) is 29.1 Å². The third-order valence-corrected chi connectivity index (χ3v) is 9.55. The first kappa shape index (κ1) is 24.2. The van der Waals surface area contributed by atoms with Crippen molar-refractivity contribution in [3.8, 4) is 17.2 Å². The Morgan fingerprint density at radius 2 is 1.92 bits per heavy atom. The quantitative estimate of drug-likeness (QED) is 0.383. The van der Waals surface area contributed by atoms with E-state index < -0.39 is 0 Å². The number of nitrogens with zero attached hydrogens (tertiary/aromatic N) is 7. The van der Waals surface area contributed by atoms with Crippen molar-refractivity contribution in [1.82, 2.24) is 29.5 Å². The molecule has 0 spiro atoms. The lowest BCUT2D eigenvalue weighted by Crippen LogP contribution is -2.49. The van der Waals surface area contributed by atoms with Gasteiger partial charge < -0.3 is 9.64 Å². The fraction of sp³-hybridized carbons (Fsp3) is 0.483. The molecular formula is C29H35N7OS. The van der Waals surface area contributed by atoms with E-state index in [1.165, 1.54) is 53.2 Å². The first-order valence-corrected chi connectivity index (χ1v) is 14.7. The van der Waals surface area contributed by atoms with Crippen molar-refractivity contribution in [3.05, 3.63) is 52.5 Å². The van der Waals surface area contributed by atoms with Crippen molar-refractivity contribution < 1.29 is 4.74 Å². The van der Waals surface area contributed by atoms with Crippen molar-refractivity contribution in [2.45, 2.75) is 39.3 Å². The maximum atomic E-state index is 5.66. The van der Waals surface area contributed by atoms with Gasteiger partial charge in [0.1, 0.15) is 0 Å². The molecule has 3 aliphatic heterocycles. The standard InChI is InChI=1S/C29H35N7OS/c1-20-5-3-6-22(17-20)24-8-10-36(32-24)29-30-26-21(2)25(19-33-11-12-34-9-4-7-23(34)18-33)38-27(26)28(31-29)35-13-15-37-16-14-35/h3,5-6,8,10,17,23H,4,7,9,11-16,18-19H2,1-2H3. The smallest absolute Gasteiger partial charge is 0.253 e. The molecule has 0 saturated carbocycles. The second-order valence-electron chi connectivity index (χ2n) is 10.9. The molecule has 1 aromatic carbocycles. The Bertz CT molecular complexity index is 1460. The van der Waals surface area contributed by atoms with Crippen LogP contribution < -0.4 is 4.90 Å². The first-order chi connectivity index (χ1) is 18.6. The van der Waals surface area contributed by atoms with Gasteiger partial charge in [0.2, 0.25) is 0 Å². The van der Waals surface area contributed by atoms with Crippen LogP contribution in [-0.2, 0) is 11.3 Å². The zero-order valence-corrected chi connectivity index (χ0v) is 23.1. The molecule has 0 radical (unpaired) electrons. The van der Waals surface area contributed by atoms with Gasteiger partial charge in [-0.2, -0.15) is 10.1 Å². The lowest BCUT2D eigenvalue weighted by molar-refractivity contribution is 0.100. The molecule has 38 heavy (non-hydrogen) atoms. The molecule has 3 saturated heterocycles. The molecule has 6 heterocycles. The number of fused-ring (bicyclic) bond motifs is 2. The summed E-state index contributed by atoms with van der Waals surface area (Å²) in [5.74, 6) is 1.64. The fourth-order valence-electron chi connectivity index (χ4n) is 6.15. The van der Waals surface area contributed by atoms with Crippen LogP contribution in [0.3, 0.4) is 0 Å². The summed E-state index contributed by atoms with van der Waals surface area (Å²) >= 11 is 1.88. The van der Waals surface area contributed by atoms with Crippen LogP contribution in [0.1, 0.15) is 28.8 Å². The molecule has 1 unspecified atom stereocenters. The molecule has 0 aliphatic carbocycles. The summed E-state index contributed by atoms with van der Waals surface area (Å²) in [6, 6.07) is 11.2. The molecule has 0 amide bonds. The number of aryl methyl sites for hydroxylation is 2. The van der Waals surface area contributed by atoms with Gasteiger partial charge >= 0.3 is 0 Å². The highest BCUT2D eigenvalue weighted by Gasteiger charge is 2.31. The van der Waals surface area contributed by atoms with Gasteiger partial charge in [0.25, 0.3) is 5.95 Å². The summed E-state index contributed by atoms with van der Waals surface area (Å²) in [5, 5.41) is 4.88. The maximum absolute atomic E-state index is 5.66. The van der Waals surface area contributed by atoms with E-state index in [0.717, 1.165) is 68.0 Å². The minimum absolute atomic E-state index is 0.630. The van der Waals surface area contributed by atoms with E-state index in [0.29, 0.717) is 5.95 Å². The SMILES string of the molecule is Cc1cccc(-c2ccn(-c3nc(N4CCOCC4)c4sc(CN5CCN6CCCC6C5)c(C)c4n3)n2)c1. The average molecular weight is 530 g/mol. The van der Waals surface area contributed by atoms with Crippen LogP contribution >= 0.6 is 11.3 Å². The monoisotopic (exact) mass is 529 g/mol. The Balaban J connectivity index is 1.26. The highest BCUT2D eigenvalue weighted by atomic mass is 32.1. The Labute approximate surface area is 227 Å². The second kappa shape index (κ2) is 10.0. The van der Waals surface area contributed by atoms with Crippen molar-refractivity contribution >= 4 is 27.4 Å². The normalized spacial score (nSPS) is 20.9. The summed E-state index contributed by atoms with van der Waals surface area (Å²) in [5.41, 5.74) is 5.60. The Morgan fingerprint density at radius 3 is 2.79 bits per heavy atom. The average Bonchev–Trinajstić information content (AvgIpc) is 3.68. The number of benzene rings is 1. The largest absolute Gasteiger partial charge is 0.378 e. The first-order valence-electron chi connectivity index (χ1n) is 13.8. The fourth-order valence-corrected chi connectivity index (χ4v) is 7.45. The lowest BCUT2D eigenvalue weighted by Gasteiger charge is -2.37. The number of hydrogen-bond donors (Lipinski definition) is 0. The highest BCUT2D eigenvalue weighted by Crippen LogP contribution is 2.37. The Hall–Kier alpha value is -2.85. The van der Waals surface area contributed by atoms with Crippen LogP contribution in [0.15, 0.2) is 36.5 Å². The van der Waals surface area contributed by atoms with Crippen LogP contribution in [-0.4, -0.2) is 88.1 Å².